The lowest BCUT2D eigenvalue weighted by Crippen LogP contribution is -2.43. The molecule has 9 heteroatoms. The molecule has 0 radical (unpaired) electrons. The Balaban J connectivity index is 0.000000844. The van der Waals surface area contributed by atoms with Gasteiger partial charge in [0.15, 0.2) is 0 Å². The number of carbonyl (C=O) groups excluding carboxylic acids is 1. The first kappa shape index (κ1) is 23.3. The van der Waals surface area contributed by atoms with E-state index >= 15 is 0 Å². The Bertz CT molecular complexity index is 337. The molecule has 146 valence electrons. The quantitative estimate of drug-likeness (QED) is 0.572. The second kappa shape index (κ2) is 17.1. The summed E-state index contributed by atoms with van der Waals surface area (Å²) >= 11 is 0. The molecule has 0 aromatic rings. The summed E-state index contributed by atoms with van der Waals surface area (Å²) in [5.41, 5.74) is 0. The van der Waals surface area contributed by atoms with Crippen molar-refractivity contribution in [1.29, 1.82) is 0 Å². The molecule has 0 aromatic heterocycles. The lowest BCUT2D eigenvalue weighted by Gasteiger charge is -2.26. The van der Waals surface area contributed by atoms with Crippen LogP contribution in [-0.4, -0.2) is 97.9 Å². The summed E-state index contributed by atoms with van der Waals surface area (Å²) < 4.78 is 5.30. The van der Waals surface area contributed by atoms with Crippen molar-refractivity contribution in [2.75, 3.05) is 59.0 Å². The van der Waals surface area contributed by atoms with Crippen molar-refractivity contribution in [2.45, 2.75) is 25.7 Å². The molecule has 3 N–H and O–H groups in total. The normalized spacial score (nSPS) is 18.4. The van der Waals surface area contributed by atoms with Gasteiger partial charge >= 0.3 is 0 Å². The number of amides is 1. The summed E-state index contributed by atoms with van der Waals surface area (Å²) in [4.78, 5) is 33.2. The smallest absolute Gasteiger partial charge is 0.290 e. The van der Waals surface area contributed by atoms with Gasteiger partial charge in [-0.3, -0.25) is 24.2 Å². The molecule has 0 atom stereocenters. The van der Waals surface area contributed by atoms with E-state index in [0.717, 1.165) is 52.5 Å². The molecule has 9 nitrogen and oxygen atoms in total. The Morgan fingerprint density at radius 3 is 1.96 bits per heavy atom. The van der Waals surface area contributed by atoms with Gasteiger partial charge in [0, 0.05) is 26.2 Å². The lowest BCUT2D eigenvalue weighted by molar-refractivity contribution is -0.123. The predicted octanol–water partition coefficient (Wildman–Crippen LogP) is -0.288. The van der Waals surface area contributed by atoms with Gasteiger partial charge in [-0.25, -0.2) is 0 Å². The van der Waals surface area contributed by atoms with Crippen LogP contribution in [0.5, 0.6) is 0 Å². The predicted molar refractivity (Wildman–Crippen MR) is 92.6 cm³/mol. The van der Waals surface area contributed by atoms with E-state index in [9.17, 15) is 4.79 Å². The van der Waals surface area contributed by atoms with Crippen LogP contribution in [0, 0.1) is 0 Å². The largest absolute Gasteiger partial charge is 0.483 e. The van der Waals surface area contributed by atoms with Crippen molar-refractivity contribution in [1.82, 2.24) is 15.1 Å². The van der Waals surface area contributed by atoms with Crippen LogP contribution in [0.4, 0.5) is 0 Å². The van der Waals surface area contributed by atoms with Crippen molar-refractivity contribution in [3.8, 4) is 0 Å². The summed E-state index contributed by atoms with van der Waals surface area (Å²) in [5.74, 6) is 0.176. The number of carboxylic acid groups (broad SMARTS) is 2. The van der Waals surface area contributed by atoms with E-state index < -0.39 is 0 Å². The average molecular weight is 361 g/mol. The molecule has 2 saturated heterocycles. The number of hydrogen-bond donors (Lipinski definition) is 3. The zero-order chi connectivity index (χ0) is 18.8. The van der Waals surface area contributed by atoms with Gasteiger partial charge in [0.05, 0.1) is 19.8 Å². The van der Waals surface area contributed by atoms with Crippen LogP contribution in [0.2, 0.25) is 0 Å². The topological polar surface area (TPSA) is 119 Å². The fraction of sp³-hybridized carbons (Fsp3) is 0.812. The third-order valence-corrected chi connectivity index (χ3v) is 3.92. The molecule has 2 aliphatic rings. The Kier molecular flexibility index (Phi) is 16.0. The van der Waals surface area contributed by atoms with Crippen LogP contribution in [-0.2, 0) is 19.1 Å². The molecular weight excluding hydrogens is 330 g/mol. The van der Waals surface area contributed by atoms with Gasteiger partial charge in [-0.2, -0.15) is 0 Å². The van der Waals surface area contributed by atoms with E-state index in [1.54, 1.807) is 0 Å². The summed E-state index contributed by atoms with van der Waals surface area (Å²) in [5, 5.41) is 16.8. The maximum atomic E-state index is 11.9. The van der Waals surface area contributed by atoms with Crippen molar-refractivity contribution < 1.29 is 29.3 Å². The second-order valence-corrected chi connectivity index (χ2v) is 5.71. The average Bonchev–Trinajstić information content (AvgIpc) is 2.86. The van der Waals surface area contributed by atoms with Crippen LogP contribution >= 0.6 is 0 Å². The van der Waals surface area contributed by atoms with Crippen molar-refractivity contribution >= 4 is 18.9 Å². The molecule has 2 rings (SSSR count). The molecule has 1 amide bonds. The third-order valence-electron chi connectivity index (χ3n) is 3.92. The SMILES string of the molecule is O=C(CN1CCCCCC1)NCCN1CCOCC1.O=CO.O=CO. The van der Waals surface area contributed by atoms with Gasteiger partial charge in [0.25, 0.3) is 12.9 Å². The van der Waals surface area contributed by atoms with Gasteiger partial charge in [-0.05, 0) is 25.9 Å². The zero-order valence-electron chi connectivity index (χ0n) is 14.8. The van der Waals surface area contributed by atoms with Crippen molar-refractivity contribution in [3.63, 3.8) is 0 Å². The lowest BCUT2D eigenvalue weighted by atomic mass is 10.2. The minimum atomic E-state index is -0.250. The number of hydrogen-bond acceptors (Lipinski definition) is 6. The summed E-state index contributed by atoms with van der Waals surface area (Å²) in [7, 11) is 0. The van der Waals surface area contributed by atoms with E-state index in [2.05, 4.69) is 15.1 Å². The highest BCUT2D eigenvalue weighted by Crippen LogP contribution is 2.08. The third kappa shape index (κ3) is 14.3. The van der Waals surface area contributed by atoms with E-state index in [1.165, 1.54) is 25.7 Å². The molecule has 0 saturated carbocycles. The first-order valence-corrected chi connectivity index (χ1v) is 8.62. The Hall–Kier alpha value is -1.71. The fourth-order valence-corrected chi connectivity index (χ4v) is 2.73. The molecule has 0 bridgehead atoms. The highest BCUT2D eigenvalue weighted by Gasteiger charge is 2.13. The number of rotatable bonds is 5. The monoisotopic (exact) mass is 361 g/mol. The highest BCUT2D eigenvalue weighted by atomic mass is 16.5. The van der Waals surface area contributed by atoms with Gasteiger partial charge < -0.3 is 20.3 Å². The molecule has 0 unspecified atom stereocenters. The highest BCUT2D eigenvalue weighted by molar-refractivity contribution is 5.77. The zero-order valence-corrected chi connectivity index (χ0v) is 14.8. The number of ether oxygens (including phenoxy) is 1. The molecule has 0 aliphatic carbocycles. The van der Waals surface area contributed by atoms with Gasteiger partial charge in [-0.1, -0.05) is 12.8 Å². The van der Waals surface area contributed by atoms with Crippen molar-refractivity contribution in [2.24, 2.45) is 0 Å². The summed E-state index contributed by atoms with van der Waals surface area (Å²) in [6, 6.07) is 0. The fourth-order valence-electron chi connectivity index (χ4n) is 2.73. The molecule has 0 spiro atoms. The van der Waals surface area contributed by atoms with E-state index in [4.69, 9.17) is 24.5 Å². The number of morpholine rings is 1. The van der Waals surface area contributed by atoms with Crippen LogP contribution in [0.3, 0.4) is 0 Å². The van der Waals surface area contributed by atoms with Crippen molar-refractivity contribution in [3.05, 3.63) is 0 Å². The number of likely N-dealkylation sites (tertiary alicyclic amines) is 1. The maximum absolute atomic E-state index is 11.9. The second-order valence-electron chi connectivity index (χ2n) is 5.71. The Labute approximate surface area is 148 Å². The van der Waals surface area contributed by atoms with E-state index in [1.807, 2.05) is 0 Å². The van der Waals surface area contributed by atoms with Gasteiger partial charge in [0.2, 0.25) is 5.91 Å². The van der Waals surface area contributed by atoms with E-state index in [0.29, 0.717) is 6.54 Å². The Morgan fingerprint density at radius 2 is 1.44 bits per heavy atom. The first-order chi connectivity index (χ1) is 12.2. The number of nitrogens with zero attached hydrogens (tertiary/aromatic N) is 2. The molecule has 25 heavy (non-hydrogen) atoms. The summed E-state index contributed by atoms with van der Waals surface area (Å²) in [6.45, 7) is 7.55. The molecule has 0 aromatic carbocycles. The van der Waals surface area contributed by atoms with Gasteiger partial charge in [0.1, 0.15) is 0 Å². The van der Waals surface area contributed by atoms with E-state index in [-0.39, 0.29) is 18.9 Å². The molecular formula is C16H31N3O6. The summed E-state index contributed by atoms with van der Waals surface area (Å²) in [6.07, 6.45) is 5.10. The number of carbonyl (C=O) groups is 3. The van der Waals surface area contributed by atoms with Crippen LogP contribution in [0.1, 0.15) is 25.7 Å². The maximum Gasteiger partial charge on any atom is 0.290 e. The minimum Gasteiger partial charge on any atom is -0.483 e. The van der Waals surface area contributed by atoms with Crippen LogP contribution in [0.15, 0.2) is 0 Å². The Morgan fingerprint density at radius 1 is 0.920 bits per heavy atom. The molecule has 2 aliphatic heterocycles. The minimum absolute atomic E-state index is 0.176. The molecule has 2 heterocycles. The first-order valence-electron chi connectivity index (χ1n) is 8.62. The van der Waals surface area contributed by atoms with Crippen LogP contribution in [0.25, 0.3) is 0 Å². The number of nitrogens with one attached hydrogen (secondary N) is 1. The standard InChI is InChI=1S/C14H27N3O2.2CH2O2/c18-14(13-17-6-3-1-2-4-7-17)15-5-8-16-9-11-19-12-10-16;2*2-1-3/h1-13H2,(H,15,18);2*1H,(H,2,3). The van der Waals surface area contributed by atoms with Gasteiger partial charge in [-0.15, -0.1) is 0 Å². The molecule has 2 fully saturated rings. The van der Waals surface area contributed by atoms with Crippen LogP contribution < -0.4 is 5.32 Å².